The third-order valence-electron chi connectivity index (χ3n) is 4.45. The van der Waals surface area contributed by atoms with Crippen molar-refractivity contribution in [3.05, 3.63) is 72.1 Å². The van der Waals surface area contributed by atoms with E-state index in [-0.39, 0.29) is 19.0 Å². The molecule has 0 aliphatic heterocycles. The summed E-state index contributed by atoms with van der Waals surface area (Å²) < 4.78 is 12.1. The molecule has 0 fully saturated rings. The number of benzene rings is 2. The predicted molar refractivity (Wildman–Crippen MR) is 116 cm³/mol. The first kappa shape index (κ1) is 22.6. The van der Waals surface area contributed by atoms with E-state index in [1.54, 1.807) is 31.2 Å². The van der Waals surface area contributed by atoms with Gasteiger partial charge in [0.1, 0.15) is 12.2 Å². The van der Waals surface area contributed by atoms with Crippen molar-refractivity contribution in [2.75, 3.05) is 6.61 Å². The first-order valence-corrected chi connectivity index (χ1v) is 9.88. The van der Waals surface area contributed by atoms with Crippen LogP contribution in [0, 0.1) is 5.41 Å². The largest absolute Gasteiger partial charge is 0.404 e. The highest BCUT2D eigenvalue weighted by molar-refractivity contribution is 5.94. The summed E-state index contributed by atoms with van der Waals surface area (Å²) >= 11 is 0. The zero-order valence-electron chi connectivity index (χ0n) is 17.7. The van der Waals surface area contributed by atoms with E-state index in [1.807, 2.05) is 30.3 Å². The molecule has 2 aromatic carbocycles. The monoisotopic (exact) mass is 436 g/mol. The summed E-state index contributed by atoms with van der Waals surface area (Å²) in [5.74, 6) is -3.33. The fraction of sp³-hybridized carbons (Fsp3) is 0.227. The Hall–Kier alpha value is -4.05. The molecule has 3 aromatic rings. The average molecular weight is 436 g/mol. The van der Waals surface area contributed by atoms with Gasteiger partial charge in [-0.25, -0.2) is 4.98 Å². The van der Waals surface area contributed by atoms with E-state index < -0.39 is 17.8 Å². The topological polar surface area (TPSA) is 145 Å². The number of amidine groups is 1. The van der Waals surface area contributed by atoms with E-state index in [0.29, 0.717) is 11.4 Å². The number of carbonyl (C=O) groups excluding carboxylic acids is 2. The fourth-order valence-electron chi connectivity index (χ4n) is 2.97. The molecule has 0 bridgehead atoms. The summed E-state index contributed by atoms with van der Waals surface area (Å²) in [6.45, 7) is 3.03. The molecule has 0 unspecified atom stereocenters. The van der Waals surface area contributed by atoms with Crippen molar-refractivity contribution in [2.24, 2.45) is 5.73 Å². The van der Waals surface area contributed by atoms with Gasteiger partial charge in [-0.3, -0.25) is 15.0 Å². The average Bonchev–Trinajstić information content (AvgIpc) is 3.28. The number of ether oxygens (including phenoxy) is 2. The molecule has 0 saturated carbocycles. The summed E-state index contributed by atoms with van der Waals surface area (Å²) in [4.78, 5) is 29.4. The predicted octanol–water partition coefficient (Wildman–Crippen LogP) is 1.76. The molecular weight excluding hydrogens is 412 g/mol. The molecule has 166 valence electrons. The Bertz CT molecular complexity index is 1100. The minimum absolute atomic E-state index is 0.0498. The lowest BCUT2D eigenvalue weighted by Crippen LogP contribution is -2.53. The number of aromatic nitrogens is 3. The van der Waals surface area contributed by atoms with Gasteiger partial charge in [-0.05, 0) is 12.5 Å². The lowest BCUT2D eigenvalue weighted by Gasteiger charge is -2.30. The van der Waals surface area contributed by atoms with Gasteiger partial charge in [0.25, 0.3) is 0 Å². The zero-order chi connectivity index (χ0) is 23.1. The minimum atomic E-state index is -2.17. The smallest absolute Gasteiger partial charge is 0.401 e. The Morgan fingerprint density at radius 1 is 1.16 bits per heavy atom. The molecule has 10 nitrogen and oxygen atoms in total. The lowest BCUT2D eigenvalue weighted by molar-refractivity contribution is -0.267. The maximum Gasteiger partial charge on any atom is 0.401 e. The summed E-state index contributed by atoms with van der Waals surface area (Å²) in [6.07, 6.45) is 1.28. The molecule has 10 heteroatoms. The standard InChI is InChI=1S/C22H24N6O4/c1-3-31-22(32-15(2)29,28-14-26-20(27-28)18-7-5-4-6-8-18)21(30)25-13-16-9-11-17(12-10-16)19(23)24/h4-12,14H,3,13H2,1-2H3,(H3,23,24)(H,25,30)/t22-/m0/s1. The number of nitrogens with two attached hydrogens (primary N) is 1. The maximum absolute atomic E-state index is 13.2. The van der Waals surface area contributed by atoms with Crippen LogP contribution in [0.5, 0.6) is 0 Å². The van der Waals surface area contributed by atoms with Crippen LogP contribution in [0.25, 0.3) is 11.4 Å². The number of hydrogen-bond donors (Lipinski definition) is 3. The van der Waals surface area contributed by atoms with Crippen molar-refractivity contribution in [2.45, 2.75) is 26.3 Å². The Labute approximate surface area is 184 Å². The van der Waals surface area contributed by atoms with Gasteiger partial charge in [-0.15, -0.1) is 5.10 Å². The Balaban J connectivity index is 1.89. The molecule has 3 rings (SSSR count). The van der Waals surface area contributed by atoms with Crippen LogP contribution in [-0.2, 0) is 31.5 Å². The molecular formula is C22H24N6O4. The van der Waals surface area contributed by atoms with E-state index in [9.17, 15) is 9.59 Å². The number of amides is 1. The summed E-state index contributed by atoms with van der Waals surface area (Å²) in [7, 11) is 0. The molecule has 1 aromatic heterocycles. The van der Waals surface area contributed by atoms with Gasteiger partial charge < -0.3 is 20.5 Å². The molecule has 32 heavy (non-hydrogen) atoms. The molecule has 1 atom stereocenters. The first-order chi connectivity index (χ1) is 15.4. The zero-order valence-corrected chi connectivity index (χ0v) is 17.7. The van der Waals surface area contributed by atoms with Crippen LogP contribution in [-0.4, -0.2) is 39.1 Å². The van der Waals surface area contributed by atoms with Gasteiger partial charge >= 0.3 is 17.8 Å². The Morgan fingerprint density at radius 2 is 1.84 bits per heavy atom. The normalized spacial score (nSPS) is 12.6. The summed E-state index contributed by atoms with van der Waals surface area (Å²) in [6, 6.07) is 16.0. The SMILES string of the molecule is CCO[C@](OC(C)=O)(C(=O)NCc1ccc(C(=N)N)cc1)n1cnc(-c2ccccc2)n1. The number of hydrogen-bond acceptors (Lipinski definition) is 7. The molecule has 1 amide bonds. The quantitative estimate of drug-likeness (QED) is 0.200. The number of rotatable bonds is 9. The number of nitrogen functional groups attached to an aromatic ring is 1. The summed E-state index contributed by atoms with van der Waals surface area (Å²) in [5, 5.41) is 14.5. The van der Waals surface area contributed by atoms with Crippen LogP contribution >= 0.6 is 0 Å². The van der Waals surface area contributed by atoms with E-state index in [1.165, 1.54) is 13.3 Å². The van der Waals surface area contributed by atoms with Crippen molar-refractivity contribution in [1.82, 2.24) is 20.1 Å². The lowest BCUT2D eigenvalue weighted by atomic mass is 10.1. The van der Waals surface area contributed by atoms with Crippen LogP contribution in [0.4, 0.5) is 0 Å². The van der Waals surface area contributed by atoms with Gasteiger partial charge in [0, 0.05) is 24.6 Å². The number of nitrogens with one attached hydrogen (secondary N) is 2. The van der Waals surface area contributed by atoms with Crippen LogP contribution in [0.1, 0.15) is 25.0 Å². The summed E-state index contributed by atoms with van der Waals surface area (Å²) in [5.41, 5.74) is 7.51. The third kappa shape index (κ3) is 4.98. The van der Waals surface area contributed by atoms with E-state index in [0.717, 1.165) is 15.8 Å². The third-order valence-corrected chi connectivity index (χ3v) is 4.45. The second-order valence-electron chi connectivity index (χ2n) is 6.78. The van der Waals surface area contributed by atoms with Crippen molar-refractivity contribution in [3.63, 3.8) is 0 Å². The van der Waals surface area contributed by atoms with Crippen LogP contribution < -0.4 is 11.1 Å². The van der Waals surface area contributed by atoms with Crippen molar-refractivity contribution in [3.8, 4) is 11.4 Å². The van der Waals surface area contributed by atoms with E-state index in [2.05, 4.69) is 15.4 Å². The molecule has 4 N–H and O–H groups in total. The van der Waals surface area contributed by atoms with Crippen molar-refractivity contribution >= 4 is 17.7 Å². The molecule has 0 spiro atoms. The first-order valence-electron chi connectivity index (χ1n) is 9.88. The second kappa shape index (κ2) is 9.84. The minimum Gasteiger partial charge on any atom is -0.404 e. The van der Waals surface area contributed by atoms with Crippen LogP contribution in [0.2, 0.25) is 0 Å². The molecule has 0 saturated heterocycles. The number of carbonyl (C=O) groups is 2. The molecule has 0 aliphatic rings. The van der Waals surface area contributed by atoms with Gasteiger partial charge in [0.05, 0.1) is 6.61 Å². The van der Waals surface area contributed by atoms with Crippen molar-refractivity contribution in [1.29, 1.82) is 5.41 Å². The van der Waals surface area contributed by atoms with Crippen LogP contribution in [0.15, 0.2) is 60.9 Å². The molecule has 0 aliphatic carbocycles. The van der Waals surface area contributed by atoms with E-state index in [4.69, 9.17) is 20.6 Å². The number of esters is 1. The van der Waals surface area contributed by atoms with Gasteiger partial charge in [-0.2, -0.15) is 4.68 Å². The van der Waals surface area contributed by atoms with Crippen molar-refractivity contribution < 1.29 is 19.1 Å². The maximum atomic E-state index is 13.2. The van der Waals surface area contributed by atoms with E-state index >= 15 is 0 Å². The van der Waals surface area contributed by atoms with Gasteiger partial charge in [-0.1, -0.05) is 54.6 Å². The van der Waals surface area contributed by atoms with Gasteiger partial charge in [0.15, 0.2) is 5.82 Å². The van der Waals surface area contributed by atoms with Gasteiger partial charge in [0.2, 0.25) is 0 Å². The van der Waals surface area contributed by atoms with Crippen LogP contribution in [0.3, 0.4) is 0 Å². The molecule has 1 heterocycles. The number of nitrogens with zero attached hydrogens (tertiary/aromatic N) is 3. The molecule has 0 radical (unpaired) electrons. The Morgan fingerprint density at radius 3 is 2.44 bits per heavy atom. The Kier molecular flexibility index (Phi) is 6.96. The highest BCUT2D eigenvalue weighted by Crippen LogP contribution is 2.23. The highest BCUT2D eigenvalue weighted by Gasteiger charge is 2.47. The highest BCUT2D eigenvalue weighted by atomic mass is 16.7. The second-order valence-corrected chi connectivity index (χ2v) is 6.78. The fourth-order valence-corrected chi connectivity index (χ4v) is 2.97.